The summed E-state index contributed by atoms with van der Waals surface area (Å²) < 4.78 is 9.43. The van der Waals surface area contributed by atoms with Gasteiger partial charge in [0.2, 0.25) is 5.88 Å². The van der Waals surface area contributed by atoms with Gasteiger partial charge in [0, 0.05) is 18.8 Å². The zero-order valence-corrected chi connectivity index (χ0v) is 9.73. The summed E-state index contributed by atoms with van der Waals surface area (Å²) in [7, 11) is 1.52. The molecule has 0 bridgehead atoms. The highest BCUT2D eigenvalue weighted by molar-refractivity contribution is 6.32. The van der Waals surface area contributed by atoms with Crippen LogP contribution in [0.1, 0.15) is 12.5 Å². The van der Waals surface area contributed by atoms with Gasteiger partial charge in [-0.25, -0.2) is 9.78 Å². The molecule has 0 saturated carbocycles. The van der Waals surface area contributed by atoms with E-state index in [1.807, 2.05) is 0 Å². The van der Waals surface area contributed by atoms with E-state index in [9.17, 15) is 9.59 Å². The molecule has 1 rings (SSSR count). The van der Waals surface area contributed by atoms with Crippen LogP contribution in [0.3, 0.4) is 0 Å². The third kappa shape index (κ3) is 4.10. The van der Waals surface area contributed by atoms with Gasteiger partial charge >= 0.3 is 11.9 Å². The Hall–Kier alpha value is -2.11. The van der Waals surface area contributed by atoms with E-state index in [1.54, 1.807) is 25.3 Å². The second kappa shape index (κ2) is 6.47. The lowest BCUT2D eigenvalue weighted by Crippen LogP contribution is -2.32. The molecule has 1 amide bonds. The van der Waals surface area contributed by atoms with Crippen LogP contribution in [0.5, 0.6) is 5.88 Å². The largest absolute Gasteiger partial charge is 0.481 e. The fourth-order valence-corrected chi connectivity index (χ4v) is 1.09. The number of aromatic nitrogens is 1. The summed E-state index contributed by atoms with van der Waals surface area (Å²) in [6, 6.07) is 3.42. The first kappa shape index (κ1) is 13.0. The minimum atomic E-state index is -0.881. The fraction of sp³-hybridized carbons (Fsp3) is 0.364. The van der Waals surface area contributed by atoms with Gasteiger partial charge in [0.1, 0.15) is 0 Å². The molecule has 17 heavy (non-hydrogen) atoms. The van der Waals surface area contributed by atoms with Crippen LogP contribution in [0.4, 0.5) is 0 Å². The third-order valence-electron chi connectivity index (χ3n) is 1.92. The number of nitrogens with one attached hydrogen (secondary N) is 1. The molecule has 6 nitrogen and oxygen atoms in total. The van der Waals surface area contributed by atoms with Crippen LogP contribution in [-0.4, -0.2) is 30.6 Å². The zero-order valence-electron chi connectivity index (χ0n) is 9.73. The normalized spacial score (nSPS) is 9.53. The van der Waals surface area contributed by atoms with E-state index in [2.05, 4.69) is 15.0 Å². The summed E-state index contributed by atoms with van der Waals surface area (Å²) in [4.78, 5) is 26.2. The topological polar surface area (TPSA) is 77.5 Å². The van der Waals surface area contributed by atoms with E-state index in [1.165, 1.54) is 7.11 Å². The average molecular weight is 238 g/mol. The van der Waals surface area contributed by atoms with Crippen LogP contribution < -0.4 is 10.1 Å². The molecule has 0 aliphatic rings. The Morgan fingerprint density at radius 3 is 2.71 bits per heavy atom. The number of rotatable bonds is 4. The summed E-state index contributed by atoms with van der Waals surface area (Å²) in [5.74, 6) is -1.15. The van der Waals surface area contributed by atoms with Gasteiger partial charge in [-0.05, 0) is 12.5 Å². The molecule has 92 valence electrons. The summed E-state index contributed by atoms with van der Waals surface area (Å²) >= 11 is 0. The Labute approximate surface area is 98.9 Å². The number of ether oxygens (including phenoxy) is 2. The standard InChI is InChI=1S/C11H14N2O4/c1-3-17-11(15)10(14)13-7-8-4-5-9(16-2)12-6-8/h4-6H,3,7H2,1-2H3,(H,13,14). The van der Waals surface area contributed by atoms with Crippen LogP contribution in [-0.2, 0) is 20.9 Å². The van der Waals surface area contributed by atoms with E-state index in [4.69, 9.17) is 4.74 Å². The first-order valence-corrected chi connectivity index (χ1v) is 5.11. The number of nitrogens with zero attached hydrogens (tertiary/aromatic N) is 1. The second-order valence-corrected chi connectivity index (χ2v) is 3.11. The number of carbonyl (C=O) groups is 2. The Morgan fingerprint density at radius 2 is 2.18 bits per heavy atom. The van der Waals surface area contributed by atoms with E-state index in [0.717, 1.165) is 5.56 Å². The molecule has 0 fully saturated rings. The minimum absolute atomic E-state index is 0.177. The summed E-state index contributed by atoms with van der Waals surface area (Å²) in [6.45, 7) is 2.03. The Balaban J connectivity index is 2.44. The van der Waals surface area contributed by atoms with Crippen molar-refractivity contribution in [1.29, 1.82) is 0 Å². The SMILES string of the molecule is CCOC(=O)C(=O)NCc1ccc(OC)nc1. The van der Waals surface area contributed by atoms with Gasteiger partial charge in [-0.2, -0.15) is 0 Å². The summed E-state index contributed by atoms with van der Waals surface area (Å²) in [5.41, 5.74) is 0.767. The van der Waals surface area contributed by atoms with E-state index >= 15 is 0 Å². The van der Waals surface area contributed by atoms with Gasteiger partial charge in [-0.15, -0.1) is 0 Å². The average Bonchev–Trinajstić information content (AvgIpc) is 2.36. The van der Waals surface area contributed by atoms with Crippen molar-refractivity contribution in [2.24, 2.45) is 0 Å². The van der Waals surface area contributed by atoms with E-state index in [-0.39, 0.29) is 13.2 Å². The van der Waals surface area contributed by atoms with Crippen LogP contribution in [0.25, 0.3) is 0 Å². The lowest BCUT2D eigenvalue weighted by Gasteiger charge is -2.05. The molecule has 1 aromatic heterocycles. The summed E-state index contributed by atoms with van der Waals surface area (Å²) in [6.07, 6.45) is 1.56. The zero-order chi connectivity index (χ0) is 12.7. The Bertz CT molecular complexity index is 389. The number of hydrogen-bond acceptors (Lipinski definition) is 5. The second-order valence-electron chi connectivity index (χ2n) is 3.11. The number of carbonyl (C=O) groups excluding carboxylic acids is 2. The van der Waals surface area contributed by atoms with Crippen molar-refractivity contribution in [3.8, 4) is 5.88 Å². The predicted octanol–water partition coefficient (Wildman–Crippen LogP) is 0.269. The lowest BCUT2D eigenvalue weighted by molar-refractivity contribution is -0.154. The van der Waals surface area contributed by atoms with E-state index < -0.39 is 11.9 Å². The number of hydrogen-bond donors (Lipinski definition) is 1. The first-order valence-electron chi connectivity index (χ1n) is 5.11. The molecule has 0 saturated heterocycles. The maximum atomic E-state index is 11.2. The molecule has 0 atom stereocenters. The van der Waals surface area contributed by atoms with Crippen molar-refractivity contribution in [3.63, 3.8) is 0 Å². The van der Waals surface area contributed by atoms with Crippen molar-refractivity contribution >= 4 is 11.9 Å². The molecule has 0 aliphatic carbocycles. The first-order chi connectivity index (χ1) is 8.17. The maximum Gasteiger partial charge on any atom is 0.396 e. The molecule has 0 aromatic carbocycles. The molecule has 1 aromatic rings. The minimum Gasteiger partial charge on any atom is -0.481 e. The Kier molecular flexibility index (Phi) is 4.93. The monoisotopic (exact) mass is 238 g/mol. The predicted molar refractivity (Wildman–Crippen MR) is 59.3 cm³/mol. The third-order valence-corrected chi connectivity index (χ3v) is 1.92. The highest BCUT2D eigenvalue weighted by atomic mass is 16.5. The van der Waals surface area contributed by atoms with Gasteiger partial charge in [0.25, 0.3) is 0 Å². The van der Waals surface area contributed by atoms with Gasteiger partial charge < -0.3 is 14.8 Å². The number of esters is 1. The van der Waals surface area contributed by atoms with Gasteiger partial charge in [0.15, 0.2) is 0 Å². The van der Waals surface area contributed by atoms with Crippen molar-refractivity contribution in [2.75, 3.05) is 13.7 Å². The summed E-state index contributed by atoms with van der Waals surface area (Å²) in [5, 5.41) is 2.43. The van der Waals surface area contributed by atoms with Crippen molar-refractivity contribution in [1.82, 2.24) is 10.3 Å². The van der Waals surface area contributed by atoms with Crippen LogP contribution >= 0.6 is 0 Å². The van der Waals surface area contributed by atoms with E-state index in [0.29, 0.717) is 5.88 Å². The molecular weight excluding hydrogens is 224 g/mol. The molecule has 1 N–H and O–H groups in total. The van der Waals surface area contributed by atoms with Crippen LogP contribution in [0, 0.1) is 0 Å². The fourth-order valence-electron chi connectivity index (χ4n) is 1.09. The van der Waals surface area contributed by atoms with Gasteiger partial charge in [-0.1, -0.05) is 6.07 Å². The number of methoxy groups -OCH3 is 1. The highest BCUT2D eigenvalue weighted by Gasteiger charge is 2.13. The lowest BCUT2D eigenvalue weighted by atomic mass is 10.3. The number of amides is 1. The molecule has 0 aliphatic heterocycles. The van der Waals surface area contributed by atoms with Crippen molar-refractivity contribution in [3.05, 3.63) is 23.9 Å². The quantitative estimate of drug-likeness (QED) is 0.601. The molecule has 1 heterocycles. The van der Waals surface area contributed by atoms with Crippen molar-refractivity contribution < 1.29 is 19.1 Å². The maximum absolute atomic E-state index is 11.2. The molecule has 0 radical (unpaired) electrons. The molecule has 6 heteroatoms. The molecule has 0 unspecified atom stereocenters. The number of pyridine rings is 1. The molecule has 0 spiro atoms. The van der Waals surface area contributed by atoms with Crippen LogP contribution in [0.2, 0.25) is 0 Å². The smallest absolute Gasteiger partial charge is 0.396 e. The van der Waals surface area contributed by atoms with Crippen LogP contribution in [0.15, 0.2) is 18.3 Å². The highest BCUT2D eigenvalue weighted by Crippen LogP contribution is 2.05. The van der Waals surface area contributed by atoms with Crippen molar-refractivity contribution in [2.45, 2.75) is 13.5 Å². The molecular formula is C11H14N2O4. The van der Waals surface area contributed by atoms with Gasteiger partial charge in [-0.3, -0.25) is 4.79 Å². The van der Waals surface area contributed by atoms with Gasteiger partial charge in [0.05, 0.1) is 13.7 Å². The Morgan fingerprint density at radius 1 is 1.41 bits per heavy atom.